The van der Waals surface area contributed by atoms with Crippen molar-refractivity contribution >= 4 is 5.91 Å². The average Bonchev–Trinajstić information content (AvgIpc) is 2.81. The van der Waals surface area contributed by atoms with Crippen molar-refractivity contribution in [3.8, 4) is 11.5 Å². The summed E-state index contributed by atoms with van der Waals surface area (Å²) in [6.07, 6.45) is 0. The first-order chi connectivity index (χ1) is 14.7. The van der Waals surface area contributed by atoms with Crippen LogP contribution in [0.15, 0.2) is 78.9 Å². The molecule has 5 nitrogen and oxygen atoms in total. The van der Waals surface area contributed by atoms with Gasteiger partial charge in [-0.15, -0.1) is 0 Å². The molecule has 1 aliphatic rings. The van der Waals surface area contributed by atoms with Crippen LogP contribution in [0.5, 0.6) is 11.5 Å². The van der Waals surface area contributed by atoms with Crippen molar-refractivity contribution in [1.82, 2.24) is 9.80 Å². The first kappa shape index (κ1) is 20.0. The van der Waals surface area contributed by atoms with Gasteiger partial charge < -0.3 is 14.7 Å². The van der Waals surface area contributed by atoms with E-state index in [1.807, 2.05) is 17.0 Å². The lowest BCUT2D eigenvalue weighted by Gasteiger charge is -2.39. The van der Waals surface area contributed by atoms with Crippen LogP contribution >= 0.6 is 0 Å². The molecule has 154 valence electrons. The molecule has 0 aliphatic carbocycles. The second-order valence-electron chi connectivity index (χ2n) is 7.44. The Morgan fingerprint density at radius 2 is 1.43 bits per heavy atom. The summed E-state index contributed by atoms with van der Waals surface area (Å²) in [4.78, 5) is 17.3. The Balaban J connectivity index is 1.50. The summed E-state index contributed by atoms with van der Waals surface area (Å²) < 4.78 is 5.14. The third kappa shape index (κ3) is 4.16. The fraction of sp³-hybridized carbons (Fsp3) is 0.240. The molecule has 0 spiro atoms. The van der Waals surface area contributed by atoms with E-state index in [0.29, 0.717) is 24.4 Å². The molecule has 1 fully saturated rings. The zero-order chi connectivity index (χ0) is 20.9. The van der Waals surface area contributed by atoms with E-state index >= 15 is 0 Å². The average molecular weight is 402 g/mol. The lowest BCUT2D eigenvalue weighted by atomic mass is 9.96. The number of phenolic OH excluding ortho intramolecular Hbond substituents is 1. The molecule has 1 amide bonds. The van der Waals surface area contributed by atoms with Crippen LogP contribution in [-0.4, -0.2) is 54.1 Å². The maximum atomic E-state index is 13.0. The molecule has 0 bridgehead atoms. The summed E-state index contributed by atoms with van der Waals surface area (Å²) in [7, 11) is 1.48. The Kier molecular flexibility index (Phi) is 6.00. The van der Waals surface area contributed by atoms with Gasteiger partial charge in [-0.3, -0.25) is 9.69 Å². The minimum atomic E-state index is -0.0380. The Morgan fingerprint density at radius 1 is 0.867 bits per heavy atom. The van der Waals surface area contributed by atoms with Crippen LogP contribution in [0, 0.1) is 0 Å². The molecular formula is C25H26N2O3. The van der Waals surface area contributed by atoms with Crippen LogP contribution in [0.4, 0.5) is 0 Å². The quantitative estimate of drug-likeness (QED) is 0.702. The van der Waals surface area contributed by atoms with Gasteiger partial charge in [0.1, 0.15) is 0 Å². The minimum absolute atomic E-state index is 0.0347. The molecule has 3 aromatic carbocycles. The van der Waals surface area contributed by atoms with E-state index in [-0.39, 0.29) is 17.7 Å². The summed E-state index contributed by atoms with van der Waals surface area (Å²) in [6, 6.07) is 25.9. The molecule has 1 N–H and O–H groups in total. The van der Waals surface area contributed by atoms with Gasteiger partial charge in [-0.1, -0.05) is 60.7 Å². The maximum absolute atomic E-state index is 13.0. The van der Waals surface area contributed by atoms with E-state index in [1.165, 1.54) is 24.3 Å². The summed E-state index contributed by atoms with van der Waals surface area (Å²) in [5.74, 6) is 0.309. The number of carbonyl (C=O) groups excluding carboxylic acids is 1. The number of methoxy groups -OCH3 is 1. The van der Waals surface area contributed by atoms with E-state index in [9.17, 15) is 9.90 Å². The number of piperazine rings is 1. The van der Waals surface area contributed by atoms with Gasteiger partial charge in [0.2, 0.25) is 0 Å². The summed E-state index contributed by atoms with van der Waals surface area (Å²) in [6.45, 7) is 2.88. The highest BCUT2D eigenvalue weighted by Gasteiger charge is 2.28. The molecule has 0 radical (unpaired) electrons. The highest BCUT2D eigenvalue weighted by molar-refractivity contribution is 5.95. The van der Waals surface area contributed by atoms with Gasteiger partial charge in [-0.2, -0.15) is 0 Å². The molecular weight excluding hydrogens is 376 g/mol. The Bertz CT molecular complexity index is 944. The molecule has 1 saturated heterocycles. The number of amides is 1. The molecule has 1 heterocycles. The third-order valence-corrected chi connectivity index (χ3v) is 5.62. The number of benzene rings is 3. The Morgan fingerprint density at radius 3 is 1.97 bits per heavy atom. The predicted molar refractivity (Wildman–Crippen MR) is 117 cm³/mol. The van der Waals surface area contributed by atoms with E-state index in [1.54, 1.807) is 12.1 Å². The van der Waals surface area contributed by atoms with Gasteiger partial charge in [-0.25, -0.2) is 0 Å². The van der Waals surface area contributed by atoms with Gasteiger partial charge >= 0.3 is 0 Å². The Labute approximate surface area is 177 Å². The first-order valence-electron chi connectivity index (χ1n) is 10.2. The normalized spacial score (nSPS) is 14.7. The number of ether oxygens (including phenoxy) is 1. The van der Waals surface area contributed by atoms with E-state index in [0.717, 1.165) is 13.1 Å². The van der Waals surface area contributed by atoms with Crippen molar-refractivity contribution in [2.45, 2.75) is 6.04 Å². The standard InChI is InChI=1S/C25H26N2O3/c1-30-23-18-21(12-13-22(23)28)25(29)27-16-14-26(15-17-27)24(19-8-4-2-5-9-19)20-10-6-3-7-11-20/h2-13,18,24,28H,14-17H2,1H3. The molecule has 3 aromatic rings. The predicted octanol–water partition coefficient (Wildman–Crippen LogP) is 3.95. The fourth-order valence-electron chi connectivity index (χ4n) is 4.06. The number of rotatable bonds is 5. The molecule has 0 saturated carbocycles. The van der Waals surface area contributed by atoms with E-state index in [2.05, 4.69) is 53.4 Å². The molecule has 0 unspecified atom stereocenters. The molecule has 0 atom stereocenters. The Hall–Kier alpha value is -3.31. The third-order valence-electron chi connectivity index (χ3n) is 5.62. The highest BCUT2D eigenvalue weighted by Crippen LogP contribution is 2.30. The molecule has 5 heteroatoms. The van der Waals surface area contributed by atoms with Crippen molar-refractivity contribution < 1.29 is 14.6 Å². The van der Waals surface area contributed by atoms with E-state index in [4.69, 9.17) is 4.74 Å². The zero-order valence-corrected chi connectivity index (χ0v) is 17.1. The maximum Gasteiger partial charge on any atom is 0.254 e. The number of carbonyl (C=O) groups is 1. The number of hydrogen-bond donors (Lipinski definition) is 1. The summed E-state index contributed by atoms with van der Waals surface area (Å²) >= 11 is 0. The highest BCUT2D eigenvalue weighted by atomic mass is 16.5. The first-order valence-corrected chi connectivity index (χ1v) is 10.2. The molecule has 0 aromatic heterocycles. The van der Waals surface area contributed by atoms with E-state index < -0.39 is 0 Å². The van der Waals surface area contributed by atoms with Crippen LogP contribution < -0.4 is 4.74 Å². The minimum Gasteiger partial charge on any atom is -0.504 e. The largest absolute Gasteiger partial charge is 0.504 e. The van der Waals surface area contributed by atoms with Crippen LogP contribution in [0.25, 0.3) is 0 Å². The summed E-state index contributed by atoms with van der Waals surface area (Å²) in [5, 5.41) is 9.78. The van der Waals surface area contributed by atoms with Crippen LogP contribution in [0.2, 0.25) is 0 Å². The lowest BCUT2D eigenvalue weighted by Crippen LogP contribution is -2.49. The smallest absolute Gasteiger partial charge is 0.254 e. The monoisotopic (exact) mass is 402 g/mol. The van der Waals surface area contributed by atoms with Gasteiger partial charge in [0.25, 0.3) is 5.91 Å². The van der Waals surface area contributed by atoms with Gasteiger partial charge in [0, 0.05) is 31.7 Å². The molecule has 1 aliphatic heterocycles. The summed E-state index contributed by atoms with van der Waals surface area (Å²) in [5.41, 5.74) is 3.04. The molecule has 30 heavy (non-hydrogen) atoms. The van der Waals surface area contributed by atoms with Crippen molar-refractivity contribution in [1.29, 1.82) is 0 Å². The molecule has 4 rings (SSSR count). The van der Waals surface area contributed by atoms with Gasteiger partial charge in [-0.05, 0) is 29.3 Å². The second-order valence-corrected chi connectivity index (χ2v) is 7.44. The fourth-order valence-corrected chi connectivity index (χ4v) is 4.06. The van der Waals surface area contributed by atoms with Crippen LogP contribution in [-0.2, 0) is 0 Å². The van der Waals surface area contributed by atoms with Crippen LogP contribution in [0.3, 0.4) is 0 Å². The van der Waals surface area contributed by atoms with Crippen molar-refractivity contribution in [2.24, 2.45) is 0 Å². The van der Waals surface area contributed by atoms with Crippen molar-refractivity contribution in [3.05, 3.63) is 95.6 Å². The number of phenols is 1. The van der Waals surface area contributed by atoms with Crippen molar-refractivity contribution in [2.75, 3.05) is 33.3 Å². The number of aromatic hydroxyl groups is 1. The van der Waals surface area contributed by atoms with Crippen molar-refractivity contribution in [3.63, 3.8) is 0 Å². The van der Waals surface area contributed by atoms with Crippen LogP contribution in [0.1, 0.15) is 27.5 Å². The van der Waals surface area contributed by atoms with Gasteiger partial charge in [0.05, 0.1) is 13.2 Å². The number of nitrogens with zero attached hydrogens (tertiary/aromatic N) is 2. The number of hydrogen-bond acceptors (Lipinski definition) is 4. The SMILES string of the molecule is COc1cc(C(=O)N2CCN(C(c3ccccc3)c3ccccc3)CC2)ccc1O. The topological polar surface area (TPSA) is 53.0 Å². The zero-order valence-electron chi connectivity index (χ0n) is 17.1. The lowest BCUT2D eigenvalue weighted by molar-refractivity contribution is 0.0597. The second kappa shape index (κ2) is 9.01. The van der Waals surface area contributed by atoms with Gasteiger partial charge in [0.15, 0.2) is 11.5 Å².